The van der Waals surface area contributed by atoms with Crippen LogP contribution in [0.1, 0.15) is 96.8 Å². The summed E-state index contributed by atoms with van der Waals surface area (Å²) >= 11 is 0. The highest BCUT2D eigenvalue weighted by molar-refractivity contribution is 5.85. The lowest BCUT2D eigenvalue weighted by Crippen LogP contribution is -2.34. The van der Waals surface area contributed by atoms with E-state index in [2.05, 4.69) is 11.8 Å². The van der Waals surface area contributed by atoms with Gasteiger partial charge in [0.2, 0.25) is 0 Å². The van der Waals surface area contributed by atoms with Crippen LogP contribution in [-0.2, 0) is 0 Å². The van der Waals surface area contributed by atoms with Crippen molar-refractivity contribution in [2.75, 3.05) is 26.2 Å². The van der Waals surface area contributed by atoms with Crippen molar-refractivity contribution in [2.24, 2.45) is 5.92 Å². The number of piperidine rings is 1. The zero-order chi connectivity index (χ0) is 15.9. The molecule has 1 rings (SSSR count). The molecular weight excluding hydrogens is 306 g/mol. The molecule has 1 aliphatic heterocycles. The van der Waals surface area contributed by atoms with Crippen molar-refractivity contribution < 1.29 is 5.11 Å². The van der Waals surface area contributed by atoms with Gasteiger partial charge in [0.05, 0.1) is 0 Å². The molecule has 0 aromatic heterocycles. The third-order valence-electron chi connectivity index (χ3n) is 5.31. The van der Waals surface area contributed by atoms with Crippen molar-refractivity contribution in [3.8, 4) is 0 Å². The van der Waals surface area contributed by atoms with Crippen molar-refractivity contribution >= 4 is 12.4 Å². The topological polar surface area (TPSA) is 23.5 Å². The van der Waals surface area contributed by atoms with E-state index in [4.69, 9.17) is 5.11 Å². The lowest BCUT2D eigenvalue weighted by Gasteiger charge is -2.32. The fraction of sp³-hybridized carbons (Fsp3) is 1.00. The Balaban J connectivity index is 0.00000484. The van der Waals surface area contributed by atoms with Gasteiger partial charge in [-0.3, -0.25) is 0 Å². The Bertz CT molecular complexity index is 230. The molecule has 3 heteroatoms. The number of halogens is 1. The highest BCUT2D eigenvalue weighted by Crippen LogP contribution is 2.23. The van der Waals surface area contributed by atoms with Crippen LogP contribution in [0.25, 0.3) is 0 Å². The quantitative estimate of drug-likeness (QED) is 0.400. The molecule has 0 unspecified atom stereocenters. The Morgan fingerprint density at radius 3 is 2.00 bits per heavy atom. The average molecular weight is 348 g/mol. The molecule has 1 fully saturated rings. The first-order valence-electron chi connectivity index (χ1n) is 10.2. The van der Waals surface area contributed by atoms with E-state index >= 15 is 0 Å². The van der Waals surface area contributed by atoms with Gasteiger partial charge in [-0.1, -0.05) is 71.1 Å². The maximum Gasteiger partial charge on any atom is 0.0431 e. The van der Waals surface area contributed by atoms with E-state index in [-0.39, 0.29) is 12.4 Å². The molecule has 0 amide bonds. The Morgan fingerprint density at radius 2 is 1.35 bits per heavy atom. The van der Waals surface area contributed by atoms with Gasteiger partial charge in [0.15, 0.2) is 0 Å². The van der Waals surface area contributed by atoms with Gasteiger partial charge in [-0.15, -0.1) is 12.4 Å². The summed E-state index contributed by atoms with van der Waals surface area (Å²) in [5.74, 6) is 1.02. The minimum absolute atomic E-state index is 0. The first-order valence-corrected chi connectivity index (χ1v) is 10.2. The largest absolute Gasteiger partial charge is 0.396 e. The second-order valence-electron chi connectivity index (χ2n) is 7.33. The molecule has 1 N–H and O–H groups in total. The zero-order valence-corrected chi connectivity index (χ0v) is 16.4. The second-order valence-corrected chi connectivity index (χ2v) is 7.33. The minimum atomic E-state index is 0. The predicted octanol–water partition coefficient (Wildman–Crippen LogP) is 5.81. The third kappa shape index (κ3) is 13.2. The lowest BCUT2D eigenvalue weighted by atomic mass is 9.91. The van der Waals surface area contributed by atoms with Crippen molar-refractivity contribution in [2.45, 2.75) is 96.8 Å². The molecule has 0 saturated carbocycles. The average Bonchev–Trinajstić information content (AvgIpc) is 2.55. The van der Waals surface area contributed by atoms with Gasteiger partial charge in [-0.2, -0.15) is 0 Å². The Hall–Kier alpha value is 0.210. The van der Waals surface area contributed by atoms with Crippen molar-refractivity contribution in [1.82, 2.24) is 4.90 Å². The highest BCUT2D eigenvalue weighted by Gasteiger charge is 2.18. The molecular formula is C20H42ClNO. The van der Waals surface area contributed by atoms with Gasteiger partial charge in [-0.25, -0.2) is 0 Å². The van der Waals surface area contributed by atoms with E-state index < -0.39 is 0 Å². The van der Waals surface area contributed by atoms with E-state index in [9.17, 15) is 0 Å². The van der Waals surface area contributed by atoms with Crippen LogP contribution in [0.4, 0.5) is 0 Å². The van der Waals surface area contributed by atoms with Crippen LogP contribution < -0.4 is 0 Å². The summed E-state index contributed by atoms with van der Waals surface area (Å²) in [4.78, 5) is 2.67. The van der Waals surface area contributed by atoms with E-state index in [0.717, 1.165) is 12.3 Å². The Labute approximate surface area is 151 Å². The van der Waals surface area contributed by atoms with Gasteiger partial charge in [0.25, 0.3) is 0 Å². The van der Waals surface area contributed by atoms with Gasteiger partial charge < -0.3 is 10.0 Å². The SMILES string of the molecule is CCCCCCCCCC1CCN(CCCCCCO)CC1.Cl. The Kier molecular flexibility index (Phi) is 17.2. The van der Waals surface area contributed by atoms with Crippen LogP contribution in [-0.4, -0.2) is 36.2 Å². The molecule has 0 aliphatic carbocycles. The van der Waals surface area contributed by atoms with Crippen molar-refractivity contribution in [3.05, 3.63) is 0 Å². The molecule has 1 aliphatic rings. The smallest absolute Gasteiger partial charge is 0.0431 e. The fourth-order valence-corrected chi connectivity index (χ4v) is 3.69. The van der Waals surface area contributed by atoms with Crippen LogP contribution in [0.5, 0.6) is 0 Å². The predicted molar refractivity (Wildman–Crippen MR) is 105 cm³/mol. The minimum Gasteiger partial charge on any atom is -0.396 e. The van der Waals surface area contributed by atoms with E-state index in [1.165, 1.54) is 103 Å². The van der Waals surface area contributed by atoms with E-state index in [1.807, 2.05) is 0 Å². The number of likely N-dealkylation sites (tertiary alicyclic amines) is 1. The molecule has 0 aromatic rings. The maximum atomic E-state index is 8.78. The molecule has 0 radical (unpaired) electrons. The van der Waals surface area contributed by atoms with E-state index in [0.29, 0.717) is 6.61 Å². The van der Waals surface area contributed by atoms with Gasteiger partial charge in [-0.05, 0) is 51.2 Å². The van der Waals surface area contributed by atoms with Gasteiger partial charge in [0, 0.05) is 6.61 Å². The number of hydrogen-bond acceptors (Lipinski definition) is 2. The number of nitrogens with zero attached hydrogens (tertiary/aromatic N) is 1. The molecule has 1 heterocycles. The molecule has 0 bridgehead atoms. The number of aliphatic hydroxyl groups is 1. The Morgan fingerprint density at radius 1 is 0.783 bits per heavy atom. The number of rotatable bonds is 14. The van der Waals surface area contributed by atoms with Gasteiger partial charge in [0.1, 0.15) is 0 Å². The molecule has 23 heavy (non-hydrogen) atoms. The summed E-state index contributed by atoms with van der Waals surface area (Å²) in [6.07, 6.45) is 19.3. The lowest BCUT2D eigenvalue weighted by molar-refractivity contribution is 0.173. The maximum absolute atomic E-state index is 8.78. The zero-order valence-electron chi connectivity index (χ0n) is 15.6. The van der Waals surface area contributed by atoms with Crippen LogP contribution in [0.15, 0.2) is 0 Å². The number of unbranched alkanes of at least 4 members (excludes halogenated alkanes) is 9. The molecule has 1 saturated heterocycles. The van der Waals surface area contributed by atoms with Crippen LogP contribution in [0, 0.1) is 5.92 Å². The summed E-state index contributed by atoms with van der Waals surface area (Å²) in [5.41, 5.74) is 0. The fourth-order valence-electron chi connectivity index (χ4n) is 3.69. The number of hydrogen-bond donors (Lipinski definition) is 1. The monoisotopic (exact) mass is 347 g/mol. The molecule has 0 spiro atoms. The highest BCUT2D eigenvalue weighted by atomic mass is 35.5. The molecule has 0 aromatic carbocycles. The first kappa shape index (κ1) is 23.2. The summed E-state index contributed by atoms with van der Waals surface area (Å²) in [5, 5.41) is 8.78. The first-order chi connectivity index (χ1) is 10.9. The van der Waals surface area contributed by atoms with Crippen molar-refractivity contribution in [1.29, 1.82) is 0 Å². The summed E-state index contributed by atoms with van der Waals surface area (Å²) in [7, 11) is 0. The summed E-state index contributed by atoms with van der Waals surface area (Å²) in [6, 6.07) is 0. The van der Waals surface area contributed by atoms with Crippen LogP contribution in [0.2, 0.25) is 0 Å². The normalized spacial score (nSPS) is 16.4. The summed E-state index contributed by atoms with van der Waals surface area (Å²) in [6.45, 7) is 6.61. The molecule has 2 nitrogen and oxygen atoms in total. The second kappa shape index (κ2) is 17.0. The summed E-state index contributed by atoms with van der Waals surface area (Å²) < 4.78 is 0. The van der Waals surface area contributed by atoms with Crippen molar-refractivity contribution in [3.63, 3.8) is 0 Å². The van der Waals surface area contributed by atoms with E-state index in [1.54, 1.807) is 0 Å². The van der Waals surface area contributed by atoms with Crippen LogP contribution >= 0.6 is 12.4 Å². The molecule has 140 valence electrons. The standard InChI is InChI=1S/C20H41NO.ClH/c1-2-3-4-5-6-7-10-13-20-14-17-21(18-15-20)16-11-8-9-12-19-22;/h20,22H,2-19H2,1H3;1H. The van der Waals surface area contributed by atoms with Gasteiger partial charge >= 0.3 is 0 Å². The number of aliphatic hydroxyl groups excluding tert-OH is 1. The van der Waals surface area contributed by atoms with Crippen LogP contribution in [0.3, 0.4) is 0 Å². The molecule has 0 atom stereocenters. The third-order valence-corrected chi connectivity index (χ3v) is 5.31.